The first kappa shape index (κ1) is 9.94. The zero-order valence-electron chi connectivity index (χ0n) is 8.84. The second kappa shape index (κ2) is 3.52. The molecule has 1 unspecified atom stereocenters. The molecule has 1 aromatic heterocycles. The SMILES string of the molecule is Cc1sccc1C1=CCC(C)(N)CC1. The zero-order chi connectivity index (χ0) is 10.2. The van der Waals surface area contributed by atoms with E-state index in [1.54, 1.807) is 0 Å². The van der Waals surface area contributed by atoms with Gasteiger partial charge in [-0.1, -0.05) is 6.08 Å². The molecule has 1 atom stereocenters. The van der Waals surface area contributed by atoms with Gasteiger partial charge in [-0.25, -0.2) is 0 Å². The molecule has 14 heavy (non-hydrogen) atoms. The average molecular weight is 207 g/mol. The predicted octanol–water partition coefficient (Wildman–Crippen LogP) is 3.34. The summed E-state index contributed by atoms with van der Waals surface area (Å²) < 4.78 is 0. The number of hydrogen-bond acceptors (Lipinski definition) is 2. The molecule has 1 aliphatic carbocycles. The van der Waals surface area contributed by atoms with Crippen LogP contribution in [0.4, 0.5) is 0 Å². The van der Waals surface area contributed by atoms with E-state index in [2.05, 4.69) is 31.4 Å². The molecular formula is C12H17NS. The minimum absolute atomic E-state index is 0.0213. The third kappa shape index (κ3) is 1.91. The Kier molecular flexibility index (Phi) is 2.50. The molecule has 1 heterocycles. The van der Waals surface area contributed by atoms with Crippen LogP contribution in [0, 0.1) is 6.92 Å². The van der Waals surface area contributed by atoms with Gasteiger partial charge in [-0.3, -0.25) is 0 Å². The largest absolute Gasteiger partial charge is 0.325 e. The highest BCUT2D eigenvalue weighted by molar-refractivity contribution is 7.10. The molecule has 2 heteroatoms. The molecule has 0 radical (unpaired) electrons. The minimum Gasteiger partial charge on any atom is -0.325 e. The topological polar surface area (TPSA) is 26.0 Å². The van der Waals surface area contributed by atoms with Gasteiger partial charge < -0.3 is 5.73 Å². The number of allylic oxidation sites excluding steroid dienone is 1. The van der Waals surface area contributed by atoms with Crippen molar-refractivity contribution in [2.75, 3.05) is 0 Å². The van der Waals surface area contributed by atoms with E-state index >= 15 is 0 Å². The molecule has 0 aliphatic heterocycles. The summed E-state index contributed by atoms with van der Waals surface area (Å²) in [5.74, 6) is 0. The summed E-state index contributed by atoms with van der Waals surface area (Å²) in [5.41, 5.74) is 9.04. The van der Waals surface area contributed by atoms with Crippen LogP contribution in [-0.2, 0) is 0 Å². The fourth-order valence-corrected chi connectivity index (χ4v) is 2.68. The highest BCUT2D eigenvalue weighted by Crippen LogP contribution is 2.34. The van der Waals surface area contributed by atoms with E-state index < -0.39 is 0 Å². The van der Waals surface area contributed by atoms with Crippen LogP contribution in [0.1, 0.15) is 36.6 Å². The smallest absolute Gasteiger partial charge is 0.0163 e. The van der Waals surface area contributed by atoms with E-state index in [1.807, 2.05) is 11.3 Å². The molecule has 76 valence electrons. The van der Waals surface area contributed by atoms with Crippen molar-refractivity contribution in [2.24, 2.45) is 5.73 Å². The van der Waals surface area contributed by atoms with Crippen molar-refractivity contribution in [1.29, 1.82) is 0 Å². The normalized spacial score (nSPS) is 27.5. The van der Waals surface area contributed by atoms with Gasteiger partial charge in [-0.2, -0.15) is 0 Å². The Morgan fingerprint density at radius 1 is 1.50 bits per heavy atom. The van der Waals surface area contributed by atoms with Crippen molar-refractivity contribution in [2.45, 2.75) is 38.6 Å². The van der Waals surface area contributed by atoms with Gasteiger partial charge in [0.2, 0.25) is 0 Å². The number of hydrogen-bond donors (Lipinski definition) is 1. The van der Waals surface area contributed by atoms with Gasteiger partial charge in [0, 0.05) is 10.4 Å². The average Bonchev–Trinajstić information content (AvgIpc) is 2.52. The standard InChI is InChI=1S/C12H17NS/c1-9-11(5-8-14-9)10-3-6-12(2,13)7-4-10/h3,5,8H,4,6-7,13H2,1-2H3. The molecule has 0 bridgehead atoms. The van der Waals surface area contributed by atoms with Gasteiger partial charge in [0.05, 0.1) is 0 Å². The Balaban J connectivity index is 2.23. The van der Waals surface area contributed by atoms with Crippen molar-refractivity contribution in [3.8, 4) is 0 Å². The molecule has 0 amide bonds. The van der Waals surface area contributed by atoms with Crippen molar-refractivity contribution in [3.05, 3.63) is 28.0 Å². The lowest BCUT2D eigenvalue weighted by Gasteiger charge is -2.28. The molecule has 0 fully saturated rings. The van der Waals surface area contributed by atoms with Crippen LogP contribution in [-0.4, -0.2) is 5.54 Å². The molecule has 1 nitrogen and oxygen atoms in total. The second-order valence-corrected chi connectivity index (χ2v) is 5.60. The van der Waals surface area contributed by atoms with Gasteiger partial charge in [-0.05, 0) is 55.7 Å². The van der Waals surface area contributed by atoms with Gasteiger partial charge in [-0.15, -0.1) is 11.3 Å². The Morgan fingerprint density at radius 2 is 2.29 bits per heavy atom. The molecule has 0 spiro atoms. The van der Waals surface area contributed by atoms with Gasteiger partial charge in [0.25, 0.3) is 0 Å². The predicted molar refractivity (Wildman–Crippen MR) is 63.5 cm³/mol. The minimum atomic E-state index is 0.0213. The number of rotatable bonds is 1. The maximum absolute atomic E-state index is 6.09. The van der Waals surface area contributed by atoms with Crippen molar-refractivity contribution in [1.82, 2.24) is 0 Å². The summed E-state index contributed by atoms with van der Waals surface area (Å²) in [6.07, 6.45) is 5.56. The summed E-state index contributed by atoms with van der Waals surface area (Å²) in [4.78, 5) is 1.43. The van der Waals surface area contributed by atoms with Crippen molar-refractivity contribution in [3.63, 3.8) is 0 Å². The molecule has 0 aromatic carbocycles. The first-order valence-corrected chi connectivity index (χ1v) is 5.99. The van der Waals surface area contributed by atoms with Crippen LogP contribution in [0.25, 0.3) is 5.57 Å². The zero-order valence-corrected chi connectivity index (χ0v) is 9.66. The lowest BCUT2D eigenvalue weighted by Crippen LogP contribution is -2.37. The highest BCUT2D eigenvalue weighted by Gasteiger charge is 2.22. The Bertz CT molecular complexity index is 360. The summed E-state index contributed by atoms with van der Waals surface area (Å²) in [6.45, 7) is 4.33. The van der Waals surface area contributed by atoms with E-state index in [0.717, 1.165) is 19.3 Å². The van der Waals surface area contributed by atoms with Crippen LogP contribution in [0.5, 0.6) is 0 Å². The molecule has 1 aliphatic rings. The summed E-state index contributed by atoms with van der Waals surface area (Å²) in [6, 6.07) is 2.23. The summed E-state index contributed by atoms with van der Waals surface area (Å²) in [7, 11) is 0. The van der Waals surface area contributed by atoms with Gasteiger partial charge in [0.15, 0.2) is 0 Å². The quantitative estimate of drug-likeness (QED) is 0.751. The molecule has 2 rings (SSSR count). The fourth-order valence-electron chi connectivity index (χ4n) is 1.94. The van der Waals surface area contributed by atoms with Crippen LogP contribution in [0.3, 0.4) is 0 Å². The summed E-state index contributed by atoms with van der Waals surface area (Å²) >= 11 is 1.83. The number of nitrogens with two attached hydrogens (primary N) is 1. The highest BCUT2D eigenvalue weighted by atomic mass is 32.1. The van der Waals surface area contributed by atoms with Crippen LogP contribution in [0.15, 0.2) is 17.5 Å². The van der Waals surface area contributed by atoms with Gasteiger partial charge in [0.1, 0.15) is 0 Å². The van der Waals surface area contributed by atoms with E-state index in [1.165, 1.54) is 16.0 Å². The number of thiophene rings is 1. The van der Waals surface area contributed by atoms with Crippen LogP contribution < -0.4 is 5.73 Å². The van der Waals surface area contributed by atoms with E-state index in [-0.39, 0.29) is 5.54 Å². The summed E-state index contributed by atoms with van der Waals surface area (Å²) in [5, 5.41) is 2.17. The first-order chi connectivity index (χ1) is 6.58. The second-order valence-electron chi connectivity index (χ2n) is 4.48. The molecule has 1 aromatic rings. The Hall–Kier alpha value is -0.600. The Morgan fingerprint density at radius 3 is 2.79 bits per heavy atom. The van der Waals surface area contributed by atoms with Crippen molar-refractivity contribution >= 4 is 16.9 Å². The molecular weight excluding hydrogens is 190 g/mol. The van der Waals surface area contributed by atoms with E-state index in [9.17, 15) is 0 Å². The third-order valence-electron chi connectivity index (χ3n) is 2.98. The Labute approximate surface area is 89.6 Å². The molecule has 2 N–H and O–H groups in total. The molecule has 0 saturated carbocycles. The van der Waals surface area contributed by atoms with E-state index in [0.29, 0.717) is 0 Å². The number of aryl methyl sites for hydroxylation is 1. The maximum Gasteiger partial charge on any atom is 0.0163 e. The van der Waals surface area contributed by atoms with Gasteiger partial charge >= 0.3 is 0 Å². The van der Waals surface area contributed by atoms with E-state index in [4.69, 9.17) is 5.73 Å². The first-order valence-electron chi connectivity index (χ1n) is 5.11. The fraction of sp³-hybridized carbons (Fsp3) is 0.500. The van der Waals surface area contributed by atoms with Crippen LogP contribution >= 0.6 is 11.3 Å². The molecule has 0 saturated heterocycles. The third-order valence-corrected chi connectivity index (χ3v) is 3.83. The van der Waals surface area contributed by atoms with Crippen LogP contribution in [0.2, 0.25) is 0 Å². The van der Waals surface area contributed by atoms with Crippen molar-refractivity contribution < 1.29 is 0 Å². The lowest BCUT2D eigenvalue weighted by atomic mass is 9.83. The monoisotopic (exact) mass is 207 g/mol. The lowest BCUT2D eigenvalue weighted by molar-refractivity contribution is 0.432. The maximum atomic E-state index is 6.09.